The molecule has 2 N–H and O–H groups in total. The van der Waals surface area contributed by atoms with Gasteiger partial charge in [-0.3, -0.25) is 9.59 Å². The Morgan fingerprint density at radius 2 is 2.45 bits per heavy atom. The molecular weight excluding hydrogens is 142 g/mol. The van der Waals surface area contributed by atoms with Crippen molar-refractivity contribution >= 4 is 11.7 Å². The van der Waals surface area contributed by atoms with Gasteiger partial charge in [0, 0.05) is 18.8 Å². The zero-order valence-electron chi connectivity index (χ0n) is 6.25. The maximum absolute atomic E-state index is 11.1. The van der Waals surface area contributed by atoms with Crippen LogP contribution < -0.4 is 5.73 Å². The first-order chi connectivity index (χ1) is 5.20. The SMILES string of the molecule is NC(=O)CC1C=CCCC1=O. The number of ketones is 1. The molecule has 0 saturated carbocycles. The van der Waals surface area contributed by atoms with Gasteiger partial charge in [0.15, 0.2) is 0 Å². The molecule has 1 unspecified atom stereocenters. The molecule has 0 radical (unpaired) electrons. The molecule has 0 heterocycles. The van der Waals surface area contributed by atoms with Crippen molar-refractivity contribution in [3.8, 4) is 0 Å². The van der Waals surface area contributed by atoms with E-state index in [1.807, 2.05) is 6.08 Å². The van der Waals surface area contributed by atoms with Crippen molar-refractivity contribution < 1.29 is 9.59 Å². The molecule has 0 aromatic carbocycles. The molecule has 0 bridgehead atoms. The van der Waals surface area contributed by atoms with Crippen molar-refractivity contribution in [2.45, 2.75) is 19.3 Å². The van der Waals surface area contributed by atoms with Gasteiger partial charge in [-0.15, -0.1) is 0 Å². The minimum absolute atomic E-state index is 0.131. The Balaban J connectivity index is 2.55. The number of allylic oxidation sites excluding steroid dienone is 2. The van der Waals surface area contributed by atoms with Gasteiger partial charge in [0.2, 0.25) is 5.91 Å². The van der Waals surface area contributed by atoms with E-state index in [1.54, 1.807) is 6.08 Å². The number of amides is 1. The number of Topliss-reactive ketones (excluding diaryl/α,β-unsaturated/α-hetero) is 1. The van der Waals surface area contributed by atoms with E-state index >= 15 is 0 Å². The second-order valence-electron chi connectivity index (χ2n) is 2.71. The van der Waals surface area contributed by atoms with Crippen molar-refractivity contribution in [2.24, 2.45) is 11.7 Å². The molecule has 3 nitrogen and oxygen atoms in total. The zero-order valence-corrected chi connectivity index (χ0v) is 6.25. The monoisotopic (exact) mass is 153 g/mol. The van der Waals surface area contributed by atoms with Crippen LogP contribution in [-0.2, 0) is 9.59 Å². The maximum atomic E-state index is 11.1. The predicted octanol–water partition coefficient (Wildman–Crippen LogP) is 0.397. The Hall–Kier alpha value is -1.12. The van der Waals surface area contributed by atoms with Crippen molar-refractivity contribution in [1.82, 2.24) is 0 Å². The van der Waals surface area contributed by atoms with E-state index in [-0.39, 0.29) is 18.1 Å². The molecule has 0 fully saturated rings. The lowest BCUT2D eigenvalue weighted by Gasteiger charge is -2.12. The van der Waals surface area contributed by atoms with Gasteiger partial charge >= 0.3 is 0 Å². The van der Waals surface area contributed by atoms with Gasteiger partial charge in [0.05, 0.1) is 0 Å². The fourth-order valence-corrected chi connectivity index (χ4v) is 1.18. The average molecular weight is 153 g/mol. The van der Waals surface area contributed by atoms with Gasteiger partial charge in [-0.25, -0.2) is 0 Å². The molecule has 1 amide bonds. The minimum Gasteiger partial charge on any atom is -0.370 e. The topological polar surface area (TPSA) is 60.2 Å². The fraction of sp³-hybridized carbons (Fsp3) is 0.500. The van der Waals surface area contributed by atoms with Crippen molar-refractivity contribution in [2.75, 3.05) is 0 Å². The molecule has 11 heavy (non-hydrogen) atoms. The first kappa shape index (κ1) is 7.98. The molecule has 0 aromatic rings. The van der Waals surface area contributed by atoms with E-state index in [0.29, 0.717) is 6.42 Å². The Morgan fingerprint density at radius 1 is 1.73 bits per heavy atom. The highest BCUT2D eigenvalue weighted by molar-refractivity contribution is 5.88. The molecule has 0 spiro atoms. The number of carbonyl (C=O) groups excluding carboxylic acids is 2. The molecular formula is C8H11NO2. The van der Waals surface area contributed by atoms with Crippen LogP contribution in [0.25, 0.3) is 0 Å². The van der Waals surface area contributed by atoms with Gasteiger partial charge in [-0.2, -0.15) is 0 Å². The van der Waals surface area contributed by atoms with Crippen molar-refractivity contribution in [3.05, 3.63) is 12.2 Å². The highest BCUT2D eigenvalue weighted by Gasteiger charge is 2.19. The summed E-state index contributed by atoms with van der Waals surface area (Å²) in [6.45, 7) is 0. The standard InChI is InChI=1S/C8H11NO2/c9-8(11)5-6-3-1-2-4-7(6)10/h1,3,6H,2,4-5H2,(H2,9,11). The van der Waals surface area contributed by atoms with Crippen LogP contribution in [-0.4, -0.2) is 11.7 Å². The highest BCUT2D eigenvalue weighted by Crippen LogP contribution is 2.15. The first-order valence-corrected chi connectivity index (χ1v) is 3.68. The van der Waals surface area contributed by atoms with Crippen molar-refractivity contribution in [1.29, 1.82) is 0 Å². The van der Waals surface area contributed by atoms with E-state index in [2.05, 4.69) is 0 Å². The number of nitrogens with two attached hydrogens (primary N) is 1. The highest BCUT2D eigenvalue weighted by atomic mass is 16.1. The van der Waals surface area contributed by atoms with Crippen LogP contribution in [0.2, 0.25) is 0 Å². The molecule has 0 aromatic heterocycles. The molecule has 1 aliphatic carbocycles. The first-order valence-electron chi connectivity index (χ1n) is 3.68. The normalized spacial score (nSPS) is 23.6. The third-order valence-corrected chi connectivity index (χ3v) is 1.76. The Bertz CT molecular complexity index is 208. The van der Waals surface area contributed by atoms with Gasteiger partial charge < -0.3 is 5.73 Å². The molecule has 60 valence electrons. The van der Waals surface area contributed by atoms with Gasteiger partial charge in [-0.1, -0.05) is 12.2 Å². The molecule has 1 aliphatic rings. The number of carbonyl (C=O) groups is 2. The average Bonchev–Trinajstić information content (AvgIpc) is 1.93. The lowest BCUT2D eigenvalue weighted by molar-refractivity contribution is -0.126. The van der Waals surface area contributed by atoms with E-state index in [0.717, 1.165) is 6.42 Å². The molecule has 1 rings (SSSR count). The Morgan fingerprint density at radius 3 is 3.00 bits per heavy atom. The minimum atomic E-state index is -0.408. The van der Waals surface area contributed by atoms with E-state index in [4.69, 9.17) is 5.73 Å². The summed E-state index contributed by atoms with van der Waals surface area (Å²) in [5.41, 5.74) is 4.96. The summed E-state index contributed by atoms with van der Waals surface area (Å²) in [4.78, 5) is 21.5. The summed E-state index contributed by atoms with van der Waals surface area (Å²) in [5, 5.41) is 0. The Labute approximate surface area is 65.3 Å². The number of hydrogen-bond acceptors (Lipinski definition) is 2. The van der Waals surface area contributed by atoms with Crippen LogP contribution in [0, 0.1) is 5.92 Å². The van der Waals surface area contributed by atoms with Gasteiger partial charge in [0.25, 0.3) is 0 Å². The molecule has 0 aliphatic heterocycles. The molecule has 1 atom stereocenters. The summed E-state index contributed by atoms with van der Waals surface area (Å²) >= 11 is 0. The quantitative estimate of drug-likeness (QED) is 0.583. The smallest absolute Gasteiger partial charge is 0.218 e. The van der Waals surface area contributed by atoms with E-state index < -0.39 is 5.91 Å². The van der Waals surface area contributed by atoms with Gasteiger partial charge in [0.1, 0.15) is 5.78 Å². The third kappa shape index (κ3) is 2.18. The second kappa shape index (κ2) is 3.32. The largest absolute Gasteiger partial charge is 0.370 e. The summed E-state index contributed by atoms with van der Waals surface area (Å²) in [7, 11) is 0. The molecule has 3 heteroatoms. The number of primary amides is 1. The lowest BCUT2D eigenvalue weighted by Crippen LogP contribution is -2.22. The van der Waals surface area contributed by atoms with E-state index in [9.17, 15) is 9.59 Å². The third-order valence-electron chi connectivity index (χ3n) is 1.76. The van der Waals surface area contributed by atoms with Crippen LogP contribution in [0.3, 0.4) is 0 Å². The van der Waals surface area contributed by atoms with Crippen LogP contribution >= 0.6 is 0 Å². The van der Waals surface area contributed by atoms with Crippen molar-refractivity contribution in [3.63, 3.8) is 0 Å². The van der Waals surface area contributed by atoms with Crippen LogP contribution in [0.5, 0.6) is 0 Å². The summed E-state index contributed by atoms with van der Waals surface area (Å²) in [5.74, 6) is -0.526. The summed E-state index contributed by atoms with van der Waals surface area (Å²) in [6.07, 6.45) is 5.21. The van der Waals surface area contributed by atoms with Crippen LogP contribution in [0.1, 0.15) is 19.3 Å². The van der Waals surface area contributed by atoms with Crippen LogP contribution in [0.15, 0.2) is 12.2 Å². The second-order valence-corrected chi connectivity index (χ2v) is 2.71. The number of rotatable bonds is 2. The van der Waals surface area contributed by atoms with Crippen LogP contribution in [0.4, 0.5) is 0 Å². The van der Waals surface area contributed by atoms with E-state index in [1.165, 1.54) is 0 Å². The predicted molar refractivity (Wildman–Crippen MR) is 40.7 cm³/mol. The summed E-state index contributed by atoms with van der Waals surface area (Å²) < 4.78 is 0. The van der Waals surface area contributed by atoms with Gasteiger partial charge in [-0.05, 0) is 6.42 Å². The summed E-state index contributed by atoms with van der Waals surface area (Å²) in [6, 6.07) is 0. The fourth-order valence-electron chi connectivity index (χ4n) is 1.18. The number of hydrogen-bond donors (Lipinski definition) is 1. The lowest BCUT2D eigenvalue weighted by atomic mass is 9.91. The maximum Gasteiger partial charge on any atom is 0.218 e. The zero-order chi connectivity index (χ0) is 8.27. The Kier molecular flexibility index (Phi) is 2.41. The molecule has 0 saturated heterocycles.